The van der Waals surface area contributed by atoms with Gasteiger partial charge in [-0.05, 0) is 38.1 Å². The molecule has 1 aromatic carbocycles. The van der Waals surface area contributed by atoms with Crippen LogP contribution in [0.3, 0.4) is 0 Å². The quantitative estimate of drug-likeness (QED) is 0.589. The minimum absolute atomic E-state index is 0.113. The van der Waals surface area contributed by atoms with E-state index in [1.807, 2.05) is 62.4 Å². The normalized spacial score (nSPS) is 12.2. The third kappa shape index (κ3) is 2.95. The number of fused-ring (bicyclic) bond motifs is 1. The van der Waals surface area contributed by atoms with E-state index in [1.165, 1.54) is 0 Å². The number of aryl methyl sites for hydroxylation is 1. The first-order valence-electron chi connectivity index (χ1n) is 8.38. The highest BCUT2D eigenvalue weighted by Crippen LogP contribution is 2.26. The van der Waals surface area contributed by atoms with Crippen LogP contribution in [0.15, 0.2) is 54.7 Å². The Kier molecular flexibility index (Phi) is 3.96. The van der Waals surface area contributed by atoms with Crippen molar-refractivity contribution in [2.24, 2.45) is 0 Å². The van der Waals surface area contributed by atoms with E-state index < -0.39 is 0 Å². The van der Waals surface area contributed by atoms with Gasteiger partial charge in [-0.15, -0.1) is 0 Å². The molecule has 0 bridgehead atoms. The maximum Gasteiger partial charge on any atom is 0.222 e. The molecule has 0 fully saturated rings. The number of hydrogen-bond donors (Lipinski definition) is 2. The van der Waals surface area contributed by atoms with E-state index in [9.17, 15) is 0 Å². The van der Waals surface area contributed by atoms with Gasteiger partial charge < -0.3 is 11.1 Å². The van der Waals surface area contributed by atoms with Crippen molar-refractivity contribution in [3.05, 3.63) is 66.2 Å². The Morgan fingerprint density at radius 1 is 1.04 bits per heavy atom. The fourth-order valence-corrected chi connectivity index (χ4v) is 3.00. The van der Waals surface area contributed by atoms with Gasteiger partial charge >= 0.3 is 0 Å². The Bertz CT molecular complexity index is 1040. The molecule has 0 spiro atoms. The van der Waals surface area contributed by atoms with E-state index in [-0.39, 0.29) is 12.0 Å². The van der Waals surface area contributed by atoms with Gasteiger partial charge in [-0.3, -0.25) is 4.57 Å². The molecule has 0 amide bonds. The number of benzene rings is 1. The second-order valence-electron chi connectivity index (χ2n) is 6.11. The third-order valence-electron chi connectivity index (χ3n) is 4.08. The molecule has 3 N–H and O–H groups in total. The average Bonchev–Trinajstić information content (AvgIpc) is 3.01. The lowest BCUT2D eigenvalue weighted by molar-refractivity contribution is 0.766. The highest BCUT2D eigenvalue weighted by atomic mass is 15.2. The maximum atomic E-state index is 5.76. The van der Waals surface area contributed by atoms with Crippen molar-refractivity contribution in [3.8, 4) is 5.69 Å². The Hall–Kier alpha value is -3.48. The van der Waals surface area contributed by atoms with Crippen LogP contribution in [-0.4, -0.2) is 24.5 Å². The molecule has 7 nitrogen and oxygen atoms in total. The molecule has 4 aromatic rings. The highest BCUT2D eigenvalue weighted by Gasteiger charge is 2.19. The number of pyridine rings is 1. The van der Waals surface area contributed by atoms with Gasteiger partial charge in [0.05, 0.1) is 6.04 Å². The molecular weight excluding hydrogens is 326 g/mol. The van der Waals surface area contributed by atoms with E-state index in [2.05, 4.69) is 24.8 Å². The minimum Gasteiger partial charge on any atom is -0.368 e. The first-order chi connectivity index (χ1) is 12.6. The lowest BCUT2D eigenvalue weighted by Crippen LogP contribution is -2.15. The number of rotatable bonds is 4. The van der Waals surface area contributed by atoms with Crippen LogP contribution in [0.25, 0.3) is 16.9 Å². The Morgan fingerprint density at radius 2 is 1.85 bits per heavy atom. The molecule has 0 aliphatic rings. The Balaban J connectivity index is 1.80. The van der Waals surface area contributed by atoms with Crippen LogP contribution >= 0.6 is 0 Å². The summed E-state index contributed by atoms with van der Waals surface area (Å²) in [5.41, 5.74) is 9.25. The molecule has 0 aliphatic carbocycles. The number of imidazole rings is 1. The van der Waals surface area contributed by atoms with Gasteiger partial charge in [-0.2, -0.15) is 4.98 Å². The van der Waals surface area contributed by atoms with Gasteiger partial charge in [0.1, 0.15) is 17.2 Å². The van der Waals surface area contributed by atoms with Crippen LogP contribution < -0.4 is 11.1 Å². The van der Waals surface area contributed by atoms with Crippen molar-refractivity contribution < 1.29 is 0 Å². The number of nitrogen functional groups attached to an aromatic ring is 1. The van der Waals surface area contributed by atoms with Crippen molar-refractivity contribution in [1.82, 2.24) is 24.5 Å². The predicted octanol–water partition coefficient (Wildman–Crippen LogP) is 3.27. The molecular formula is C19H19N7. The second-order valence-corrected chi connectivity index (χ2v) is 6.11. The summed E-state index contributed by atoms with van der Waals surface area (Å²) in [5.74, 6) is 1.76. The zero-order valence-electron chi connectivity index (χ0n) is 14.6. The van der Waals surface area contributed by atoms with E-state index in [4.69, 9.17) is 10.7 Å². The van der Waals surface area contributed by atoms with Gasteiger partial charge in [0.15, 0.2) is 5.65 Å². The number of anilines is 2. The molecule has 1 unspecified atom stereocenters. The molecule has 130 valence electrons. The van der Waals surface area contributed by atoms with Crippen molar-refractivity contribution in [1.29, 1.82) is 0 Å². The molecule has 4 rings (SSSR count). The lowest BCUT2D eigenvalue weighted by atomic mass is 10.2. The summed E-state index contributed by atoms with van der Waals surface area (Å²) in [6.07, 6.45) is 1.78. The van der Waals surface area contributed by atoms with Gasteiger partial charge in [-0.1, -0.05) is 18.2 Å². The van der Waals surface area contributed by atoms with Gasteiger partial charge in [-0.25, -0.2) is 15.0 Å². The molecule has 0 aliphatic heterocycles. The topological polar surface area (TPSA) is 94.5 Å². The summed E-state index contributed by atoms with van der Waals surface area (Å²) in [6.45, 7) is 3.92. The molecule has 0 saturated carbocycles. The zero-order chi connectivity index (χ0) is 18.1. The van der Waals surface area contributed by atoms with Crippen LogP contribution in [-0.2, 0) is 0 Å². The SMILES string of the molecule is Cc1cc(NC(C)c2nc3cccnc3n2-c2ccccc2)nc(N)n1. The molecule has 3 aromatic heterocycles. The standard InChI is InChI=1S/C19H19N7/c1-12-11-16(25-19(20)22-12)23-13(2)17-24-15-9-6-10-21-18(15)26(17)14-7-4-3-5-8-14/h3-11,13H,1-2H3,(H3,20,22,23,25). The minimum atomic E-state index is -0.113. The number of hydrogen-bond acceptors (Lipinski definition) is 6. The second kappa shape index (κ2) is 6.44. The monoisotopic (exact) mass is 345 g/mol. The number of aromatic nitrogens is 5. The van der Waals surface area contributed by atoms with E-state index in [0.717, 1.165) is 28.4 Å². The van der Waals surface area contributed by atoms with Crippen molar-refractivity contribution >= 4 is 22.9 Å². The fourth-order valence-electron chi connectivity index (χ4n) is 3.00. The summed E-state index contributed by atoms with van der Waals surface area (Å²) in [7, 11) is 0. The summed E-state index contributed by atoms with van der Waals surface area (Å²) in [5, 5.41) is 3.37. The zero-order valence-corrected chi connectivity index (χ0v) is 14.6. The number of nitrogens with two attached hydrogens (primary N) is 1. The highest BCUT2D eigenvalue weighted by molar-refractivity contribution is 5.74. The fraction of sp³-hybridized carbons (Fsp3) is 0.158. The van der Waals surface area contributed by atoms with Crippen LogP contribution in [0.2, 0.25) is 0 Å². The molecule has 26 heavy (non-hydrogen) atoms. The third-order valence-corrected chi connectivity index (χ3v) is 4.08. The van der Waals surface area contributed by atoms with Crippen molar-refractivity contribution in [2.45, 2.75) is 19.9 Å². The van der Waals surface area contributed by atoms with Crippen LogP contribution in [0.5, 0.6) is 0 Å². The Morgan fingerprint density at radius 3 is 2.62 bits per heavy atom. The average molecular weight is 345 g/mol. The van der Waals surface area contributed by atoms with Crippen molar-refractivity contribution in [3.63, 3.8) is 0 Å². The van der Waals surface area contributed by atoms with Gasteiger partial charge in [0.2, 0.25) is 5.95 Å². The largest absolute Gasteiger partial charge is 0.368 e. The maximum absolute atomic E-state index is 5.76. The first-order valence-corrected chi connectivity index (χ1v) is 8.38. The molecule has 7 heteroatoms. The smallest absolute Gasteiger partial charge is 0.222 e. The molecule has 3 heterocycles. The lowest BCUT2D eigenvalue weighted by Gasteiger charge is -2.17. The molecule has 0 radical (unpaired) electrons. The van der Waals surface area contributed by atoms with Crippen molar-refractivity contribution in [2.75, 3.05) is 11.1 Å². The summed E-state index contributed by atoms with van der Waals surface area (Å²) < 4.78 is 2.06. The van der Waals surface area contributed by atoms with Gasteiger partial charge in [0.25, 0.3) is 0 Å². The van der Waals surface area contributed by atoms with E-state index in [1.54, 1.807) is 6.20 Å². The summed E-state index contributed by atoms with van der Waals surface area (Å²) in [6, 6.07) is 15.7. The summed E-state index contributed by atoms with van der Waals surface area (Å²) in [4.78, 5) is 17.7. The van der Waals surface area contributed by atoms with E-state index >= 15 is 0 Å². The van der Waals surface area contributed by atoms with Crippen LogP contribution in [0.1, 0.15) is 24.5 Å². The van der Waals surface area contributed by atoms with Crippen LogP contribution in [0, 0.1) is 6.92 Å². The Labute approximate surface area is 151 Å². The van der Waals surface area contributed by atoms with Crippen LogP contribution in [0.4, 0.5) is 11.8 Å². The predicted molar refractivity (Wildman–Crippen MR) is 102 cm³/mol. The number of nitrogens with one attached hydrogen (secondary N) is 1. The van der Waals surface area contributed by atoms with Gasteiger partial charge in [0, 0.05) is 23.6 Å². The van der Waals surface area contributed by atoms with E-state index in [0.29, 0.717) is 5.82 Å². The molecule has 0 saturated heterocycles. The number of para-hydroxylation sites is 1. The first kappa shape index (κ1) is 16.0. The number of nitrogens with zero attached hydrogens (tertiary/aromatic N) is 5. The molecule has 1 atom stereocenters. The summed E-state index contributed by atoms with van der Waals surface area (Å²) >= 11 is 0.